The van der Waals surface area contributed by atoms with Crippen molar-refractivity contribution in [1.29, 1.82) is 0 Å². The zero-order chi connectivity index (χ0) is 14.4. The fourth-order valence-corrected chi connectivity index (χ4v) is 4.31. The van der Waals surface area contributed by atoms with Crippen molar-refractivity contribution in [3.05, 3.63) is 29.8 Å². The molecule has 0 radical (unpaired) electrons. The Morgan fingerprint density at radius 3 is 2.70 bits per heavy atom. The molecule has 0 amide bonds. The van der Waals surface area contributed by atoms with Gasteiger partial charge in [-0.05, 0) is 43.4 Å². The molecule has 20 heavy (non-hydrogen) atoms. The highest BCUT2D eigenvalue weighted by molar-refractivity contribution is 7.99. The number of hydrogen-bond donors (Lipinski definition) is 1. The van der Waals surface area contributed by atoms with Crippen LogP contribution in [0.2, 0.25) is 0 Å². The van der Waals surface area contributed by atoms with E-state index in [9.17, 15) is 0 Å². The van der Waals surface area contributed by atoms with Gasteiger partial charge in [-0.3, -0.25) is 0 Å². The molecule has 0 bridgehead atoms. The molecule has 1 fully saturated rings. The van der Waals surface area contributed by atoms with E-state index in [-0.39, 0.29) is 6.04 Å². The van der Waals surface area contributed by atoms with E-state index >= 15 is 0 Å². The predicted molar refractivity (Wildman–Crippen MR) is 88.4 cm³/mol. The van der Waals surface area contributed by atoms with Gasteiger partial charge in [0.25, 0.3) is 0 Å². The smallest absolute Gasteiger partial charge is 0.119 e. The van der Waals surface area contributed by atoms with Crippen LogP contribution < -0.4 is 10.5 Å². The lowest BCUT2D eigenvalue weighted by Gasteiger charge is -2.27. The molecule has 1 aromatic rings. The maximum Gasteiger partial charge on any atom is 0.119 e. The van der Waals surface area contributed by atoms with Crippen LogP contribution in [0, 0.1) is 5.92 Å². The van der Waals surface area contributed by atoms with Crippen molar-refractivity contribution >= 4 is 11.8 Å². The summed E-state index contributed by atoms with van der Waals surface area (Å²) in [7, 11) is 0. The maximum atomic E-state index is 6.31. The van der Waals surface area contributed by atoms with Gasteiger partial charge in [0, 0.05) is 17.0 Å². The zero-order valence-electron chi connectivity index (χ0n) is 12.7. The second-order valence-corrected chi connectivity index (χ2v) is 7.17. The van der Waals surface area contributed by atoms with E-state index in [1.54, 1.807) is 0 Å². The van der Waals surface area contributed by atoms with Crippen LogP contribution in [0.4, 0.5) is 0 Å². The number of hydrogen-bond acceptors (Lipinski definition) is 3. The first-order chi connectivity index (χ1) is 9.69. The molecule has 1 aromatic carbocycles. The van der Waals surface area contributed by atoms with Gasteiger partial charge in [-0.25, -0.2) is 0 Å². The Balaban J connectivity index is 1.80. The van der Waals surface area contributed by atoms with Crippen LogP contribution in [-0.2, 0) is 0 Å². The zero-order valence-corrected chi connectivity index (χ0v) is 13.5. The molecule has 2 rings (SSSR count). The summed E-state index contributed by atoms with van der Waals surface area (Å²) in [6, 6.07) is 8.37. The lowest BCUT2D eigenvalue weighted by atomic mass is 9.91. The predicted octanol–water partition coefficient (Wildman–Crippen LogP) is 4.40. The monoisotopic (exact) mass is 293 g/mol. The summed E-state index contributed by atoms with van der Waals surface area (Å²) in [5, 5.41) is 0.812. The SMILES string of the molecule is CCOc1ccc(C(N)CSC2CCCC(C)C2)cc1. The van der Waals surface area contributed by atoms with Crippen LogP contribution in [0.15, 0.2) is 24.3 Å². The minimum atomic E-state index is 0.132. The average Bonchev–Trinajstić information content (AvgIpc) is 2.46. The van der Waals surface area contributed by atoms with E-state index < -0.39 is 0 Å². The Bertz CT molecular complexity index is 392. The highest BCUT2D eigenvalue weighted by atomic mass is 32.2. The third-order valence-corrected chi connectivity index (χ3v) is 5.47. The standard InChI is InChI=1S/C17H27NOS/c1-3-19-15-9-7-14(8-10-15)17(18)12-20-16-6-4-5-13(2)11-16/h7-10,13,16-17H,3-6,11-12,18H2,1-2H3. The second kappa shape index (κ2) is 7.94. The summed E-state index contributed by atoms with van der Waals surface area (Å²) in [5.41, 5.74) is 7.52. The minimum Gasteiger partial charge on any atom is -0.494 e. The number of benzene rings is 1. The Kier molecular flexibility index (Phi) is 6.24. The van der Waals surface area contributed by atoms with E-state index in [4.69, 9.17) is 10.5 Å². The first-order valence-corrected chi connectivity index (χ1v) is 8.84. The quantitative estimate of drug-likeness (QED) is 0.844. The Labute approximate surface area is 127 Å². The van der Waals surface area contributed by atoms with Crippen molar-refractivity contribution in [3.8, 4) is 5.75 Å². The molecule has 1 aliphatic rings. The van der Waals surface area contributed by atoms with Gasteiger partial charge in [-0.1, -0.05) is 31.9 Å². The first-order valence-electron chi connectivity index (χ1n) is 7.79. The van der Waals surface area contributed by atoms with Gasteiger partial charge in [0.1, 0.15) is 5.75 Å². The Morgan fingerprint density at radius 1 is 1.30 bits per heavy atom. The van der Waals surface area contributed by atoms with E-state index in [0.717, 1.165) is 22.7 Å². The van der Waals surface area contributed by atoms with Crippen LogP contribution in [0.25, 0.3) is 0 Å². The number of ether oxygens (including phenoxy) is 1. The fourth-order valence-electron chi connectivity index (χ4n) is 2.84. The number of nitrogens with two attached hydrogens (primary N) is 1. The van der Waals surface area contributed by atoms with E-state index in [0.29, 0.717) is 6.61 Å². The van der Waals surface area contributed by atoms with Crippen molar-refractivity contribution in [2.75, 3.05) is 12.4 Å². The molecule has 112 valence electrons. The summed E-state index contributed by atoms with van der Waals surface area (Å²) in [6.07, 6.45) is 5.52. The summed E-state index contributed by atoms with van der Waals surface area (Å²) in [6.45, 7) is 5.08. The Hall–Kier alpha value is -0.670. The first kappa shape index (κ1) is 15.7. The van der Waals surface area contributed by atoms with Crippen LogP contribution in [0.5, 0.6) is 5.75 Å². The fraction of sp³-hybridized carbons (Fsp3) is 0.647. The van der Waals surface area contributed by atoms with Crippen molar-refractivity contribution < 1.29 is 4.74 Å². The van der Waals surface area contributed by atoms with Gasteiger partial charge in [0.15, 0.2) is 0 Å². The molecule has 0 aromatic heterocycles. The largest absolute Gasteiger partial charge is 0.494 e. The van der Waals surface area contributed by atoms with Gasteiger partial charge in [0.2, 0.25) is 0 Å². The molecule has 0 spiro atoms. The normalized spacial score (nSPS) is 24.4. The molecule has 3 unspecified atom stereocenters. The molecular weight excluding hydrogens is 266 g/mol. The highest BCUT2D eigenvalue weighted by Gasteiger charge is 2.20. The van der Waals surface area contributed by atoms with Crippen LogP contribution in [0.1, 0.15) is 51.1 Å². The van der Waals surface area contributed by atoms with Crippen molar-refractivity contribution in [1.82, 2.24) is 0 Å². The molecule has 0 heterocycles. The molecule has 0 aliphatic heterocycles. The average molecular weight is 293 g/mol. The highest BCUT2D eigenvalue weighted by Crippen LogP contribution is 2.33. The van der Waals surface area contributed by atoms with Gasteiger partial charge in [-0.2, -0.15) is 11.8 Å². The molecule has 1 aliphatic carbocycles. The van der Waals surface area contributed by atoms with E-state index in [1.807, 2.05) is 19.1 Å². The summed E-state index contributed by atoms with van der Waals surface area (Å²) in [5.74, 6) is 2.84. The summed E-state index contributed by atoms with van der Waals surface area (Å²) < 4.78 is 5.46. The Morgan fingerprint density at radius 2 is 2.05 bits per heavy atom. The van der Waals surface area contributed by atoms with Gasteiger partial charge < -0.3 is 10.5 Å². The van der Waals surface area contributed by atoms with Gasteiger partial charge in [0.05, 0.1) is 6.61 Å². The minimum absolute atomic E-state index is 0.132. The van der Waals surface area contributed by atoms with Crippen molar-refractivity contribution in [3.63, 3.8) is 0 Å². The van der Waals surface area contributed by atoms with Crippen LogP contribution in [-0.4, -0.2) is 17.6 Å². The van der Waals surface area contributed by atoms with Crippen LogP contribution in [0.3, 0.4) is 0 Å². The lowest BCUT2D eigenvalue weighted by molar-refractivity contribution is 0.340. The summed E-state index contributed by atoms with van der Waals surface area (Å²) >= 11 is 2.06. The van der Waals surface area contributed by atoms with Crippen molar-refractivity contribution in [2.45, 2.75) is 50.8 Å². The third-order valence-electron chi connectivity index (χ3n) is 4.02. The van der Waals surface area contributed by atoms with E-state index in [1.165, 1.54) is 31.2 Å². The topological polar surface area (TPSA) is 35.2 Å². The molecular formula is C17H27NOS. The molecule has 2 N–H and O–H groups in total. The number of rotatable bonds is 6. The molecule has 0 saturated heterocycles. The maximum absolute atomic E-state index is 6.31. The molecule has 1 saturated carbocycles. The van der Waals surface area contributed by atoms with Crippen LogP contribution >= 0.6 is 11.8 Å². The number of thioether (sulfide) groups is 1. The van der Waals surface area contributed by atoms with E-state index in [2.05, 4.69) is 30.8 Å². The third kappa shape index (κ3) is 4.71. The molecule has 3 atom stereocenters. The van der Waals surface area contributed by atoms with Crippen molar-refractivity contribution in [2.24, 2.45) is 11.7 Å². The summed E-state index contributed by atoms with van der Waals surface area (Å²) in [4.78, 5) is 0. The molecule has 2 nitrogen and oxygen atoms in total. The lowest BCUT2D eigenvalue weighted by Crippen LogP contribution is -2.19. The molecule has 3 heteroatoms. The van der Waals surface area contributed by atoms with Gasteiger partial charge in [-0.15, -0.1) is 0 Å². The second-order valence-electron chi connectivity index (χ2n) is 5.84. The van der Waals surface area contributed by atoms with Gasteiger partial charge >= 0.3 is 0 Å².